The Morgan fingerprint density at radius 1 is 1.38 bits per heavy atom. The molecule has 1 unspecified atom stereocenters. The molecule has 0 spiro atoms. The zero-order valence-corrected chi connectivity index (χ0v) is 9.77. The molecule has 0 rings (SSSR count). The molecular formula is C10H20ClNO. The summed E-state index contributed by atoms with van der Waals surface area (Å²) in [4.78, 5) is 13.6. The van der Waals surface area contributed by atoms with Crippen LogP contribution in [-0.2, 0) is 4.79 Å². The molecule has 0 aromatic heterocycles. The van der Waals surface area contributed by atoms with Crippen LogP contribution >= 0.6 is 11.6 Å². The fourth-order valence-corrected chi connectivity index (χ4v) is 1.34. The highest BCUT2D eigenvalue weighted by molar-refractivity contribution is 6.19. The van der Waals surface area contributed by atoms with E-state index < -0.39 is 0 Å². The van der Waals surface area contributed by atoms with E-state index in [4.69, 9.17) is 11.6 Å². The Kier molecular flexibility index (Phi) is 6.13. The fraction of sp³-hybridized carbons (Fsp3) is 0.900. The van der Waals surface area contributed by atoms with Gasteiger partial charge in [0, 0.05) is 24.4 Å². The van der Waals surface area contributed by atoms with Crippen molar-refractivity contribution in [2.45, 2.75) is 40.2 Å². The number of nitrogens with zero attached hydrogens (tertiary/aromatic N) is 1. The second kappa shape index (κ2) is 6.25. The van der Waals surface area contributed by atoms with Crippen molar-refractivity contribution in [2.75, 3.05) is 12.4 Å². The van der Waals surface area contributed by atoms with Crippen molar-refractivity contribution in [1.29, 1.82) is 0 Å². The second-order valence-electron chi connectivity index (χ2n) is 3.68. The van der Waals surface area contributed by atoms with E-state index in [1.54, 1.807) is 0 Å². The number of carbonyl (C=O) groups is 1. The SMILES string of the molecule is CCCN(C(=O)C(C)CCl)C(C)C. The molecule has 78 valence electrons. The summed E-state index contributed by atoms with van der Waals surface area (Å²) in [5.41, 5.74) is 0. The van der Waals surface area contributed by atoms with Crippen LogP contribution < -0.4 is 0 Å². The molecule has 2 nitrogen and oxygen atoms in total. The second-order valence-corrected chi connectivity index (χ2v) is 3.99. The molecule has 0 bridgehead atoms. The van der Waals surface area contributed by atoms with Crippen molar-refractivity contribution >= 4 is 17.5 Å². The van der Waals surface area contributed by atoms with Gasteiger partial charge in [0.2, 0.25) is 5.91 Å². The summed E-state index contributed by atoms with van der Waals surface area (Å²) in [6, 6.07) is 0.276. The quantitative estimate of drug-likeness (QED) is 0.632. The van der Waals surface area contributed by atoms with Crippen LogP contribution in [0.25, 0.3) is 0 Å². The van der Waals surface area contributed by atoms with E-state index in [2.05, 4.69) is 6.92 Å². The van der Waals surface area contributed by atoms with Crippen LogP contribution in [0.2, 0.25) is 0 Å². The smallest absolute Gasteiger partial charge is 0.226 e. The van der Waals surface area contributed by atoms with Gasteiger partial charge < -0.3 is 4.90 Å². The third-order valence-corrected chi connectivity index (χ3v) is 2.49. The molecule has 0 aliphatic carbocycles. The number of amides is 1. The van der Waals surface area contributed by atoms with E-state index in [1.165, 1.54) is 0 Å². The van der Waals surface area contributed by atoms with Gasteiger partial charge in [0.05, 0.1) is 0 Å². The Morgan fingerprint density at radius 3 is 2.23 bits per heavy atom. The first-order valence-electron chi connectivity index (χ1n) is 4.91. The number of carbonyl (C=O) groups excluding carboxylic acids is 1. The summed E-state index contributed by atoms with van der Waals surface area (Å²) in [6.07, 6.45) is 0.999. The molecule has 1 atom stereocenters. The molecule has 0 heterocycles. The molecule has 0 aliphatic heterocycles. The summed E-state index contributed by atoms with van der Waals surface area (Å²) in [6.45, 7) is 8.86. The minimum Gasteiger partial charge on any atom is -0.340 e. The number of hydrogen-bond acceptors (Lipinski definition) is 1. The largest absolute Gasteiger partial charge is 0.340 e. The summed E-state index contributed by atoms with van der Waals surface area (Å²) in [7, 11) is 0. The van der Waals surface area contributed by atoms with Crippen molar-refractivity contribution in [3.63, 3.8) is 0 Å². The van der Waals surface area contributed by atoms with Crippen LogP contribution in [0.4, 0.5) is 0 Å². The minimum atomic E-state index is -0.0596. The van der Waals surface area contributed by atoms with Crippen molar-refractivity contribution in [2.24, 2.45) is 5.92 Å². The Bertz CT molecular complexity index is 159. The minimum absolute atomic E-state index is 0.0596. The lowest BCUT2D eigenvalue weighted by molar-refractivity contribution is -0.136. The molecule has 0 radical (unpaired) electrons. The highest BCUT2D eigenvalue weighted by Crippen LogP contribution is 2.08. The highest BCUT2D eigenvalue weighted by Gasteiger charge is 2.20. The predicted molar refractivity (Wildman–Crippen MR) is 57.0 cm³/mol. The molecule has 1 amide bonds. The third kappa shape index (κ3) is 3.99. The molecule has 0 fully saturated rings. The predicted octanol–water partition coefficient (Wildman–Crippen LogP) is 2.51. The van der Waals surface area contributed by atoms with E-state index in [-0.39, 0.29) is 17.9 Å². The number of rotatable bonds is 5. The fourth-order valence-electron chi connectivity index (χ4n) is 1.21. The molecule has 0 aromatic carbocycles. The Labute approximate surface area is 86.2 Å². The maximum absolute atomic E-state index is 11.7. The monoisotopic (exact) mass is 205 g/mol. The van der Waals surface area contributed by atoms with Gasteiger partial charge in [-0.3, -0.25) is 4.79 Å². The van der Waals surface area contributed by atoms with Crippen molar-refractivity contribution in [3.8, 4) is 0 Å². The van der Waals surface area contributed by atoms with Crippen LogP contribution in [0.3, 0.4) is 0 Å². The molecule has 0 aromatic rings. The third-order valence-electron chi connectivity index (χ3n) is 2.02. The topological polar surface area (TPSA) is 20.3 Å². The molecular weight excluding hydrogens is 186 g/mol. The van der Waals surface area contributed by atoms with Gasteiger partial charge in [-0.1, -0.05) is 13.8 Å². The van der Waals surface area contributed by atoms with E-state index in [0.717, 1.165) is 13.0 Å². The van der Waals surface area contributed by atoms with Gasteiger partial charge in [0.25, 0.3) is 0 Å². The average molecular weight is 206 g/mol. The number of alkyl halides is 1. The van der Waals surface area contributed by atoms with E-state index in [0.29, 0.717) is 5.88 Å². The van der Waals surface area contributed by atoms with Crippen molar-refractivity contribution in [3.05, 3.63) is 0 Å². The first-order valence-corrected chi connectivity index (χ1v) is 5.44. The van der Waals surface area contributed by atoms with Gasteiger partial charge in [-0.05, 0) is 20.3 Å². The maximum Gasteiger partial charge on any atom is 0.226 e. The lowest BCUT2D eigenvalue weighted by Crippen LogP contribution is -2.41. The lowest BCUT2D eigenvalue weighted by Gasteiger charge is -2.28. The van der Waals surface area contributed by atoms with Crippen LogP contribution in [0.15, 0.2) is 0 Å². The zero-order valence-electron chi connectivity index (χ0n) is 9.01. The van der Waals surface area contributed by atoms with E-state index >= 15 is 0 Å². The molecule has 0 saturated carbocycles. The zero-order chi connectivity index (χ0) is 10.4. The standard InChI is InChI=1S/C10H20ClNO/c1-5-6-12(8(2)3)10(13)9(4)7-11/h8-9H,5-7H2,1-4H3. The normalized spacial score (nSPS) is 13.1. The summed E-state index contributed by atoms with van der Waals surface area (Å²) in [5, 5.41) is 0. The van der Waals surface area contributed by atoms with E-state index in [9.17, 15) is 4.79 Å². The Hall–Kier alpha value is -0.240. The Balaban J connectivity index is 4.27. The molecule has 0 saturated heterocycles. The van der Waals surface area contributed by atoms with Crippen LogP contribution in [0.5, 0.6) is 0 Å². The van der Waals surface area contributed by atoms with Gasteiger partial charge in [0.15, 0.2) is 0 Å². The van der Waals surface area contributed by atoms with Crippen LogP contribution in [0.1, 0.15) is 34.1 Å². The first-order chi connectivity index (χ1) is 6.04. The maximum atomic E-state index is 11.7. The van der Waals surface area contributed by atoms with Crippen molar-refractivity contribution in [1.82, 2.24) is 4.90 Å². The van der Waals surface area contributed by atoms with Crippen LogP contribution in [0, 0.1) is 5.92 Å². The highest BCUT2D eigenvalue weighted by atomic mass is 35.5. The molecule has 0 N–H and O–H groups in total. The van der Waals surface area contributed by atoms with Gasteiger partial charge in [0.1, 0.15) is 0 Å². The average Bonchev–Trinajstić information content (AvgIpc) is 2.11. The number of hydrogen-bond donors (Lipinski definition) is 0. The van der Waals surface area contributed by atoms with Gasteiger partial charge in [-0.25, -0.2) is 0 Å². The number of halogens is 1. The van der Waals surface area contributed by atoms with E-state index in [1.807, 2.05) is 25.7 Å². The molecule has 0 aliphatic rings. The van der Waals surface area contributed by atoms with Gasteiger partial charge in [-0.2, -0.15) is 0 Å². The van der Waals surface area contributed by atoms with Gasteiger partial charge in [-0.15, -0.1) is 11.6 Å². The van der Waals surface area contributed by atoms with Crippen LogP contribution in [-0.4, -0.2) is 29.3 Å². The Morgan fingerprint density at radius 2 is 1.92 bits per heavy atom. The van der Waals surface area contributed by atoms with Gasteiger partial charge >= 0.3 is 0 Å². The summed E-state index contributed by atoms with van der Waals surface area (Å²) in [5.74, 6) is 0.522. The first kappa shape index (κ1) is 12.8. The molecule has 3 heteroatoms. The summed E-state index contributed by atoms with van der Waals surface area (Å²) < 4.78 is 0. The lowest BCUT2D eigenvalue weighted by atomic mass is 10.1. The summed E-state index contributed by atoms with van der Waals surface area (Å²) >= 11 is 5.65. The van der Waals surface area contributed by atoms with Crippen molar-refractivity contribution < 1.29 is 4.79 Å². The molecule has 13 heavy (non-hydrogen) atoms.